The first kappa shape index (κ1) is 23.9. The second-order valence-electron chi connectivity index (χ2n) is 9.26. The number of rotatable bonds is 4. The number of carbonyl (C=O) groups is 1. The van der Waals surface area contributed by atoms with Gasteiger partial charge in [0.25, 0.3) is 0 Å². The fraction of sp³-hybridized carbons (Fsp3) is 0.520. The Hall–Kier alpha value is -2.85. The number of nitrogens with one attached hydrogen (secondary N) is 1. The zero-order valence-electron chi connectivity index (χ0n) is 19.4. The Morgan fingerprint density at radius 3 is 2.66 bits per heavy atom. The van der Waals surface area contributed by atoms with Gasteiger partial charge in [-0.2, -0.15) is 13.2 Å². The van der Waals surface area contributed by atoms with Crippen LogP contribution in [-0.2, 0) is 20.8 Å². The third-order valence-corrected chi connectivity index (χ3v) is 6.89. The summed E-state index contributed by atoms with van der Waals surface area (Å²) in [5.41, 5.74) is 3.52. The van der Waals surface area contributed by atoms with Crippen molar-refractivity contribution >= 4 is 28.8 Å². The minimum absolute atomic E-state index is 0.0156. The summed E-state index contributed by atoms with van der Waals surface area (Å²) in [6.07, 6.45) is -1.19. The first-order valence-corrected chi connectivity index (χ1v) is 12.0. The van der Waals surface area contributed by atoms with Gasteiger partial charge in [-0.15, -0.1) is 0 Å². The van der Waals surface area contributed by atoms with E-state index < -0.39 is 18.9 Å². The van der Waals surface area contributed by atoms with Crippen LogP contribution in [0.5, 0.6) is 0 Å². The van der Waals surface area contributed by atoms with Gasteiger partial charge in [0.05, 0.1) is 37.2 Å². The van der Waals surface area contributed by atoms with Crippen molar-refractivity contribution in [2.75, 3.05) is 48.0 Å². The smallest absolute Gasteiger partial charge is 0.378 e. The molecule has 3 aliphatic rings. The van der Waals surface area contributed by atoms with E-state index in [9.17, 15) is 18.0 Å². The SMILES string of the molecule is O=C(C1CCC(OCC(F)(F)F)CC1)N1Cc2cccnc2Nc2ccc(N3CCOCC3)cc21. The summed E-state index contributed by atoms with van der Waals surface area (Å²) < 4.78 is 48.1. The van der Waals surface area contributed by atoms with Crippen LogP contribution >= 0.6 is 0 Å². The maximum absolute atomic E-state index is 13.8. The highest BCUT2D eigenvalue weighted by atomic mass is 19.4. The number of morpholine rings is 1. The zero-order valence-corrected chi connectivity index (χ0v) is 19.4. The highest BCUT2D eigenvalue weighted by molar-refractivity contribution is 6.00. The van der Waals surface area contributed by atoms with Crippen LogP contribution in [-0.4, -0.2) is 56.1 Å². The standard InChI is InChI=1S/C25H29F3N4O3/c26-25(27,28)16-35-20-6-3-17(4-7-20)24(33)32-15-18-2-1-9-29-23(18)30-21-8-5-19(14-22(21)32)31-10-12-34-13-11-31/h1-2,5,8-9,14,17,20H,3-4,6-7,10-13,15-16H2,(H,29,30). The molecule has 3 heterocycles. The van der Waals surface area contributed by atoms with Crippen LogP contribution in [0.3, 0.4) is 0 Å². The van der Waals surface area contributed by atoms with Crippen LogP contribution in [0.25, 0.3) is 0 Å². The van der Waals surface area contributed by atoms with Crippen molar-refractivity contribution in [3.05, 3.63) is 42.1 Å². The van der Waals surface area contributed by atoms with Crippen molar-refractivity contribution in [2.24, 2.45) is 5.92 Å². The average molecular weight is 491 g/mol. The first-order chi connectivity index (χ1) is 16.9. The van der Waals surface area contributed by atoms with Crippen molar-refractivity contribution in [3.8, 4) is 0 Å². The summed E-state index contributed by atoms with van der Waals surface area (Å²) in [6.45, 7) is 2.02. The molecule has 0 bridgehead atoms. The van der Waals surface area contributed by atoms with Gasteiger partial charge in [0.2, 0.25) is 5.91 Å². The third-order valence-electron chi connectivity index (χ3n) is 6.89. The fourth-order valence-electron chi connectivity index (χ4n) is 5.03. The number of carbonyl (C=O) groups excluding carboxylic acids is 1. The predicted octanol–water partition coefficient (Wildman–Crippen LogP) is 4.65. The Morgan fingerprint density at radius 1 is 1.14 bits per heavy atom. The number of benzene rings is 1. The summed E-state index contributed by atoms with van der Waals surface area (Å²) in [5, 5.41) is 3.38. The molecule has 0 unspecified atom stereocenters. The second kappa shape index (κ2) is 10.0. The second-order valence-corrected chi connectivity index (χ2v) is 9.26. The quantitative estimate of drug-likeness (QED) is 0.673. The molecule has 5 rings (SSSR count). The van der Waals surface area contributed by atoms with E-state index in [1.807, 2.05) is 30.3 Å². The molecule has 10 heteroatoms. The lowest BCUT2D eigenvalue weighted by Gasteiger charge is -2.33. The van der Waals surface area contributed by atoms with Gasteiger partial charge < -0.3 is 24.6 Å². The van der Waals surface area contributed by atoms with E-state index in [-0.39, 0.29) is 11.8 Å². The van der Waals surface area contributed by atoms with Crippen molar-refractivity contribution < 1.29 is 27.4 Å². The molecule has 7 nitrogen and oxygen atoms in total. The summed E-state index contributed by atoms with van der Waals surface area (Å²) in [6, 6.07) is 9.85. The lowest BCUT2D eigenvalue weighted by molar-refractivity contribution is -0.188. The molecular formula is C25H29F3N4O3. The number of halogens is 3. The zero-order chi connectivity index (χ0) is 24.4. The molecule has 188 valence electrons. The third kappa shape index (κ3) is 5.54. The number of anilines is 4. The first-order valence-electron chi connectivity index (χ1n) is 12.0. The number of ether oxygens (including phenoxy) is 2. The number of alkyl halides is 3. The van der Waals surface area contributed by atoms with Gasteiger partial charge in [-0.05, 0) is 49.9 Å². The number of hydrogen-bond acceptors (Lipinski definition) is 6. The summed E-state index contributed by atoms with van der Waals surface area (Å²) in [7, 11) is 0. The van der Waals surface area contributed by atoms with Crippen molar-refractivity contribution in [2.45, 2.75) is 44.5 Å². The highest BCUT2D eigenvalue weighted by Crippen LogP contribution is 2.40. The summed E-state index contributed by atoms with van der Waals surface area (Å²) in [5.74, 6) is 0.435. The highest BCUT2D eigenvalue weighted by Gasteiger charge is 2.35. The predicted molar refractivity (Wildman–Crippen MR) is 126 cm³/mol. The normalized spacial score (nSPS) is 22.6. The number of hydrogen-bond donors (Lipinski definition) is 1. The fourth-order valence-corrected chi connectivity index (χ4v) is 5.03. The Kier molecular flexibility index (Phi) is 6.84. The summed E-state index contributed by atoms with van der Waals surface area (Å²) >= 11 is 0. The Bertz CT molecular complexity index is 1050. The minimum atomic E-state index is -4.34. The average Bonchev–Trinajstić information content (AvgIpc) is 3.04. The van der Waals surface area contributed by atoms with Gasteiger partial charge >= 0.3 is 6.18 Å². The van der Waals surface area contributed by atoms with Crippen LogP contribution in [0.4, 0.5) is 36.1 Å². The number of pyridine rings is 1. The number of amides is 1. The molecule has 0 radical (unpaired) electrons. The monoisotopic (exact) mass is 490 g/mol. The Morgan fingerprint density at radius 2 is 1.91 bits per heavy atom. The molecule has 1 aromatic heterocycles. The van der Waals surface area contributed by atoms with E-state index in [0.29, 0.717) is 51.3 Å². The molecule has 2 fully saturated rings. The number of nitrogens with zero attached hydrogens (tertiary/aromatic N) is 3. The molecule has 0 spiro atoms. The van der Waals surface area contributed by atoms with E-state index in [2.05, 4.69) is 15.2 Å². The molecule has 0 atom stereocenters. The van der Waals surface area contributed by atoms with Crippen LogP contribution in [0.1, 0.15) is 31.2 Å². The topological polar surface area (TPSA) is 66.9 Å². The van der Waals surface area contributed by atoms with Crippen LogP contribution < -0.4 is 15.1 Å². The molecule has 35 heavy (non-hydrogen) atoms. The number of fused-ring (bicyclic) bond motifs is 2. The van der Waals surface area contributed by atoms with Crippen LogP contribution in [0.15, 0.2) is 36.5 Å². The van der Waals surface area contributed by atoms with Gasteiger partial charge in [0.1, 0.15) is 12.4 Å². The van der Waals surface area contributed by atoms with E-state index in [1.165, 1.54) is 0 Å². The van der Waals surface area contributed by atoms with E-state index >= 15 is 0 Å². The van der Waals surface area contributed by atoms with Gasteiger partial charge in [-0.3, -0.25) is 4.79 Å². The molecule has 2 aromatic rings. The lowest BCUT2D eigenvalue weighted by atomic mass is 9.86. The van der Waals surface area contributed by atoms with E-state index in [4.69, 9.17) is 9.47 Å². The van der Waals surface area contributed by atoms with Crippen molar-refractivity contribution in [1.82, 2.24) is 4.98 Å². The maximum atomic E-state index is 13.8. The molecule has 1 saturated heterocycles. The summed E-state index contributed by atoms with van der Waals surface area (Å²) in [4.78, 5) is 22.3. The molecule has 1 saturated carbocycles. The van der Waals surface area contributed by atoms with Gasteiger partial charge in [-0.1, -0.05) is 6.07 Å². The largest absolute Gasteiger partial charge is 0.411 e. The minimum Gasteiger partial charge on any atom is -0.378 e. The number of aromatic nitrogens is 1. The molecule has 1 aromatic carbocycles. The Labute approximate surface area is 202 Å². The molecule has 1 N–H and O–H groups in total. The van der Waals surface area contributed by atoms with E-state index in [0.717, 1.165) is 35.7 Å². The van der Waals surface area contributed by atoms with Gasteiger partial charge in [0.15, 0.2) is 0 Å². The maximum Gasteiger partial charge on any atom is 0.411 e. The van der Waals surface area contributed by atoms with Gasteiger partial charge in [-0.25, -0.2) is 4.98 Å². The van der Waals surface area contributed by atoms with E-state index in [1.54, 1.807) is 11.1 Å². The van der Waals surface area contributed by atoms with Gasteiger partial charge in [0, 0.05) is 36.5 Å². The lowest BCUT2D eigenvalue weighted by Crippen LogP contribution is -2.39. The van der Waals surface area contributed by atoms with Crippen LogP contribution in [0.2, 0.25) is 0 Å². The van der Waals surface area contributed by atoms with Crippen molar-refractivity contribution in [1.29, 1.82) is 0 Å². The molecule has 1 amide bonds. The van der Waals surface area contributed by atoms with Crippen LogP contribution in [0, 0.1) is 5.92 Å². The molecule has 1 aliphatic carbocycles. The molecule has 2 aliphatic heterocycles. The molecular weight excluding hydrogens is 461 g/mol. The Balaban J connectivity index is 1.38. The van der Waals surface area contributed by atoms with Crippen molar-refractivity contribution in [3.63, 3.8) is 0 Å².